The van der Waals surface area contributed by atoms with Gasteiger partial charge in [-0.25, -0.2) is 0 Å². The van der Waals surface area contributed by atoms with Gasteiger partial charge in [0.1, 0.15) is 5.60 Å². The first-order valence-electron chi connectivity index (χ1n) is 7.55. The Balaban J connectivity index is 1.65. The average Bonchev–Trinajstić information content (AvgIpc) is 2.92. The Bertz CT molecular complexity index is 625. The van der Waals surface area contributed by atoms with Crippen LogP contribution in [0, 0.1) is 0 Å². The molecule has 1 aliphatic rings. The molecular formula is C16H23N5O. The van der Waals surface area contributed by atoms with Crippen LogP contribution in [0.1, 0.15) is 32.2 Å². The van der Waals surface area contributed by atoms with Crippen molar-refractivity contribution in [1.29, 1.82) is 0 Å². The van der Waals surface area contributed by atoms with Gasteiger partial charge in [0.05, 0.1) is 12.1 Å². The van der Waals surface area contributed by atoms with E-state index in [0.29, 0.717) is 6.54 Å². The van der Waals surface area contributed by atoms with Crippen molar-refractivity contribution in [2.45, 2.75) is 38.5 Å². The summed E-state index contributed by atoms with van der Waals surface area (Å²) in [5, 5.41) is 12.7. The van der Waals surface area contributed by atoms with Crippen molar-refractivity contribution in [3.63, 3.8) is 0 Å². The fourth-order valence-electron chi connectivity index (χ4n) is 2.75. The van der Waals surface area contributed by atoms with Crippen LogP contribution in [0.4, 0.5) is 0 Å². The number of hydrogen-bond donors (Lipinski definition) is 0. The Morgan fingerprint density at radius 2 is 1.86 bits per heavy atom. The van der Waals surface area contributed by atoms with E-state index in [1.807, 2.05) is 6.07 Å². The number of tetrazole rings is 1. The average molecular weight is 301 g/mol. The minimum Gasteiger partial charge on any atom is -0.371 e. The Morgan fingerprint density at radius 1 is 1.18 bits per heavy atom. The Kier molecular flexibility index (Phi) is 3.74. The molecule has 0 amide bonds. The van der Waals surface area contributed by atoms with Crippen molar-refractivity contribution in [3.8, 4) is 0 Å². The number of methoxy groups -OCH3 is 1. The van der Waals surface area contributed by atoms with E-state index in [0.717, 1.165) is 18.9 Å². The molecule has 0 radical (unpaired) electrons. The van der Waals surface area contributed by atoms with Crippen molar-refractivity contribution in [2.75, 3.05) is 20.2 Å². The second-order valence-electron chi connectivity index (χ2n) is 6.88. The third-order valence-corrected chi connectivity index (χ3v) is 4.07. The molecule has 2 aromatic rings. The van der Waals surface area contributed by atoms with E-state index in [1.165, 1.54) is 5.56 Å². The Hall–Kier alpha value is -1.79. The summed E-state index contributed by atoms with van der Waals surface area (Å²) in [6, 6.07) is 10.4. The van der Waals surface area contributed by atoms with Crippen LogP contribution in [0.2, 0.25) is 0 Å². The third kappa shape index (κ3) is 2.76. The van der Waals surface area contributed by atoms with Crippen LogP contribution in [0.3, 0.4) is 0 Å². The highest BCUT2D eigenvalue weighted by Gasteiger charge is 2.44. The lowest BCUT2D eigenvalue weighted by atomic mass is 9.86. The van der Waals surface area contributed by atoms with Gasteiger partial charge in [0.25, 0.3) is 0 Å². The lowest BCUT2D eigenvalue weighted by Gasteiger charge is -2.49. The zero-order chi connectivity index (χ0) is 15.8. The van der Waals surface area contributed by atoms with E-state index >= 15 is 0 Å². The van der Waals surface area contributed by atoms with Crippen molar-refractivity contribution >= 4 is 0 Å². The van der Waals surface area contributed by atoms with Crippen LogP contribution in [0.15, 0.2) is 30.3 Å². The summed E-state index contributed by atoms with van der Waals surface area (Å²) in [7, 11) is 1.78. The van der Waals surface area contributed by atoms with Crippen molar-refractivity contribution in [3.05, 3.63) is 41.7 Å². The van der Waals surface area contributed by atoms with Crippen LogP contribution < -0.4 is 0 Å². The maximum Gasteiger partial charge on any atom is 0.188 e. The minimum absolute atomic E-state index is 0.138. The molecule has 3 rings (SSSR count). The largest absolute Gasteiger partial charge is 0.371 e. The number of hydrogen-bond acceptors (Lipinski definition) is 5. The van der Waals surface area contributed by atoms with E-state index in [9.17, 15) is 0 Å². The molecular weight excluding hydrogens is 278 g/mol. The summed E-state index contributed by atoms with van der Waals surface area (Å²) in [5.74, 6) is 0.757. The van der Waals surface area contributed by atoms with Gasteiger partial charge in [0, 0.05) is 20.2 Å². The highest BCUT2D eigenvalue weighted by Crippen LogP contribution is 2.35. The van der Waals surface area contributed by atoms with Crippen LogP contribution in [0.25, 0.3) is 0 Å². The van der Waals surface area contributed by atoms with Gasteiger partial charge in [0.15, 0.2) is 5.82 Å². The van der Waals surface area contributed by atoms with Gasteiger partial charge in [-0.05, 0) is 31.5 Å². The van der Waals surface area contributed by atoms with E-state index in [4.69, 9.17) is 4.74 Å². The molecule has 118 valence electrons. The predicted molar refractivity (Wildman–Crippen MR) is 83.2 cm³/mol. The molecule has 0 atom stereocenters. The molecule has 1 saturated heterocycles. The summed E-state index contributed by atoms with van der Waals surface area (Å²) in [5.41, 5.74) is 0.877. The minimum atomic E-state index is -0.207. The molecule has 1 aromatic heterocycles. The summed E-state index contributed by atoms with van der Waals surface area (Å²) >= 11 is 0. The van der Waals surface area contributed by atoms with Crippen molar-refractivity contribution in [1.82, 2.24) is 25.1 Å². The van der Waals surface area contributed by atoms with E-state index in [-0.39, 0.29) is 11.1 Å². The highest BCUT2D eigenvalue weighted by molar-refractivity contribution is 5.26. The number of nitrogens with zero attached hydrogens (tertiary/aromatic N) is 5. The summed E-state index contributed by atoms with van der Waals surface area (Å²) in [6.07, 6.45) is 0. The summed E-state index contributed by atoms with van der Waals surface area (Å²) in [6.45, 7) is 8.58. The van der Waals surface area contributed by atoms with Gasteiger partial charge in [0.2, 0.25) is 0 Å². The molecule has 2 heterocycles. The monoisotopic (exact) mass is 301 g/mol. The quantitative estimate of drug-likeness (QED) is 0.861. The number of rotatable bonds is 4. The molecule has 0 bridgehead atoms. The predicted octanol–water partition coefficient (Wildman–Crippen LogP) is 1.79. The number of benzene rings is 1. The third-order valence-electron chi connectivity index (χ3n) is 4.07. The fourth-order valence-corrected chi connectivity index (χ4v) is 2.75. The molecule has 0 N–H and O–H groups in total. The highest BCUT2D eigenvalue weighted by atomic mass is 16.5. The van der Waals surface area contributed by atoms with Gasteiger partial charge in [-0.3, -0.25) is 4.90 Å². The first-order valence-corrected chi connectivity index (χ1v) is 7.55. The van der Waals surface area contributed by atoms with E-state index < -0.39 is 0 Å². The van der Waals surface area contributed by atoms with Crippen LogP contribution in [-0.4, -0.2) is 45.3 Å². The molecule has 1 fully saturated rings. The smallest absolute Gasteiger partial charge is 0.188 e. The van der Waals surface area contributed by atoms with Gasteiger partial charge in [-0.15, -0.1) is 10.2 Å². The molecule has 0 spiro atoms. The summed E-state index contributed by atoms with van der Waals surface area (Å²) < 4.78 is 5.78. The van der Waals surface area contributed by atoms with Crippen molar-refractivity contribution < 1.29 is 4.74 Å². The van der Waals surface area contributed by atoms with Crippen LogP contribution in [0.5, 0.6) is 0 Å². The van der Waals surface area contributed by atoms with Crippen LogP contribution >= 0.6 is 0 Å². The second-order valence-corrected chi connectivity index (χ2v) is 6.88. The normalized spacial score (nSPS) is 18.2. The SMILES string of the molecule is COC1(c2ccccc2)CN(Cc2nnn(C(C)(C)C)n2)C1. The summed E-state index contributed by atoms with van der Waals surface area (Å²) in [4.78, 5) is 3.95. The lowest BCUT2D eigenvalue weighted by Crippen LogP contribution is -2.59. The number of aromatic nitrogens is 4. The van der Waals surface area contributed by atoms with E-state index in [2.05, 4.69) is 65.3 Å². The zero-order valence-electron chi connectivity index (χ0n) is 13.7. The molecule has 0 aliphatic carbocycles. The molecule has 1 aromatic carbocycles. The van der Waals surface area contributed by atoms with Gasteiger partial charge < -0.3 is 4.74 Å². The molecule has 0 saturated carbocycles. The zero-order valence-corrected chi connectivity index (χ0v) is 13.7. The maximum absolute atomic E-state index is 5.78. The maximum atomic E-state index is 5.78. The van der Waals surface area contributed by atoms with Crippen molar-refractivity contribution in [2.24, 2.45) is 0 Å². The topological polar surface area (TPSA) is 56.1 Å². The molecule has 6 heteroatoms. The van der Waals surface area contributed by atoms with Crippen LogP contribution in [-0.2, 0) is 22.4 Å². The van der Waals surface area contributed by atoms with Gasteiger partial charge in [-0.2, -0.15) is 4.80 Å². The molecule has 0 unspecified atom stereocenters. The first kappa shape index (κ1) is 15.1. The standard InChI is InChI=1S/C16H23N5O/c1-15(2,3)21-18-14(17-19-21)10-20-11-16(12-20,22-4)13-8-6-5-7-9-13/h5-9H,10-12H2,1-4H3. The first-order chi connectivity index (χ1) is 10.4. The molecule has 1 aliphatic heterocycles. The van der Waals surface area contributed by atoms with Gasteiger partial charge in [-0.1, -0.05) is 30.3 Å². The number of ether oxygens (including phenoxy) is 1. The molecule has 22 heavy (non-hydrogen) atoms. The second kappa shape index (κ2) is 5.44. The molecule has 6 nitrogen and oxygen atoms in total. The number of likely N-dealkylation sites (tertiary alicyclic amines) is 1. The fraction of sp³-hybridized carbons (Fsp3) is 0.562. The van der Waals surface area contributed by atoms with E-state index in [1.54, 1.807) is 11.9 Å². The lowest BCUT2D eigenvalue weighted by molar-refractivity contribution is -0.134. The van der Waals surface area contributed by atoms with Gasteiger partial charge >= 0.3 is 0 Å². The Labute approximate surface area is 131 Å². The Morgan fingerprint density at radius 3 is 2.41 bits per heavy atom.